The number of rotatable bonds is 11. The maximum atomic E-state index is 6.16. The summed E-state index contributed by atoms with van der Waals surface area (Å²) in [6.45, 7) is 0. The molecule has 0 aliphatic heterocycles. The van der Waals surface area contributed by atoms with E-state index in [9.17, 15) is 0 Å². The van der Waals surface area contributed by atoms with Crippen LogP contribution in [0.3, 0.4) is 0 Å². The van der Waals surface area contributed by atoms with Crippen LogP contribution in [0, 0.1) is 0 Å². The van der Waals surface area contributed by atoms with Crippen molar-refractivity contribution in [3.63, 3.8) is 0 Å². The molecule has 0 atom stereocenters. The minimum absolute atomic E-state index is 0.424. The van der Waals surface area contributed by atoms with E-state index >= 15 is 0 Å². The molecule has 0 amide bonds. The van der Waals surface area contributed by atoms with E-state index in [0.29, 0.717) is 41.2 Å². The van der Waals surface area contributed by atoms with Gasteiger partial charge in [-0.25, -0.2) is 0 Å². The Hall–Kier alpha value is -6.80. The molecule has 12 aromatic rings. The topological polar surface area (TPSA) is 156 Å². The summed E-state index contributed by atoms with van der Waals surface area (Å²) in [5.41, 5.74) is 3.19. The van der Waals surface area contributed by atoms with E-state index in [-0.39, 0.29) is 0 Å². The number of aromatic nitrogens is 8. The number of hydrogen-bond donors (Lipinski definition) is 0. The summed E-state index contributed by atoms with van der Waals surface area (Å²) in [7, 11) is 0. The Morgan fingerprint density at radius 2 is 0.613 bits per heavy atom. The van der Waals surface area contributed by atoms with Gasteiger partial charge in [0.25, 0.3) is 17.7 Å². The van der Waals surface area contributed by atoms with Crippen molar-refractivity contribution in [2.45, 2.75) is 0 Å². The van der Waals surface area contributed by atoms with Gasteiger partial charge < -0.3 is 17.7 Å². The van der Waals surface area contributed by atoms with Crippen LogP contribution < -0.4 is 0 Å². The van der Waals surface area contributed by atoms with Crippen LogP contribution in [0.1, 0.15) is 0 Å². The van der Waals surface area contributed by atoms with Crippen LogP contribution in [0.25, 0.3) is 117 Å². The first kappa shape index (κ1) is 37.0. The molecule has 0 saturated heterocycles. The average molecular weight is 919 g/mol. The molecule has 2 aromatic carbocycles. The predicted octanol–water partition coefficient (Wildman–Crippen LogP) is 13.9. The summed E-state index contributed by atoms with van der Waals surface area (Å²) in [6.07, 6.45) is 1.30. The van der Waals surface area contributed by atoms with Gasteiger partial charge in [0.05, 0.1) is 14.6 Å². The van der Waals surface area contributed by atoms with Crippen molar-refractivity contribution < 1.29 is 17.7 Å². The molecular formula is C44H22N8O4S6. The van der Waals surface area contributed by atoms with E-state index in [4.69, 9.17) is 17.7 Å². The fourth-order valence-electron chi connectivity index (χ4n) is 6.51. The minimum atomic E-state index is 0.424. The zero-order valence-corrected chi connectivity index (χ0v) is 36.3. The Morgan fingerprint density at radius 1 is 0.290 bits per heavy atom. The third kappa shape index (κ3) is 7.07. The summed E-state index contributed by atoms with van der Waals surface area (Å²) in [5.74, 6) is 3.16. The van der Waals surface area contributed by atoms with E-state index in [0.717, 1.165) is 56.4 Å². The lowest BCUT2D eigenvalue weighted by molar-refractivity contribution is 0.568. The Kier molecular flexibility index (Phi) is 9.30. The smallest absolute Gasteiger partial charge is 0.258 e. The number of nitrogens with zero attached hydrogens (tertiary/aromatic N) is 8. The van der Waals surface area contributed by atoms with Crippen LogP contribution in [-0.2, 0) is 0 Å². The summed E-state index contributed by atoms with van der Waals surface area (Å²) < 4.78 is 23.6. The number of thiophene rings is 6. The van der Waals surface area contributed by atoms with Crippen LogP contribution >= 0.6 is 68.0 Å². The second kappa shape index (κ2) is 15.6. The molecule has 0 fully saturated rings. The van der Waals surface area contributed by atoms with Crippen molar-refractivity contribution in [2.75, 3.05) is 0 Å². The maximum absolute atomic E-state index is 6.16. The van der Waals surface area contributed by atoms with Crippen molar-refractivity contribution in [3.8, 4) is 117 Å². The molecule has 18 heteroatoms. The van der Waals surface area contributed by atoms with E-state index < -0.39 is 0 Å². The first-order valence-electron chi connectivity index (χ1n) is 18.7. The molecule has 10 heterocycles. The molecule has 0 radical (unpaired) electrons. The Balaban J connectivity index is 0.697. The van der Waals surface area contributed by atoms with Crippen LogP contribution in [0.15, 0.2) is 151 Å². The van der Waals surface area contributed by atoms with Gasteiger partial charge in [-0.05, 0) is 121 Å². The van der Waals surface area contributed by atoms with E-state index in [2.05, 4.69) is 101 Å². The zero-order valence-electron chi connectivity index (χ0n) is 31.4. The normalized spacial score (nSPS) is 11.5. The number of hydrogen-bond acceptors (Lipinski definition) is 18. The zero-order chi connectivity index (χ0) is 41.0. The Morgan fingerprint density at radius 3 is 0.952 bits per heavy atom. The molecule has 0 aliphatic rings. The van der Waals surface area contributed by atoms with E-state index in [1.807, 2.05) is 66.7 Å². The summed E-state index contributed by atoms with van der Waals surface area (Å²) in [5, 5.41) is 35.8. The molecular weight excluding hydrogens is 897 g/mol. The fourth-order valence-corrected chi connectivity index (χ4v) is 12.4. The second-order valence-electron chi connectivity index (χ2n) is 13.4. The minimum Gasteiger partial charge on any atom is -0.423 e. The van der Waals surface area contributed by atoms with Crippen molar-refractivity contribution in [3.05, 3.63) is 133 Å². The highest BCUT2D eigenvalue weighted by Gasteiger charge is 2.19. The van der Waals surface area contributed by atoms with Gasteiger partial charge in [0.2, 0.25) is 30.0 Å². The highest BCUT2D eigenvalue weighted by atomic mass is 32.1. The highest BCUT2D eigenvalue weighted by molar-refractivity contribution is 7.28. The Bertz CT molecular complexity index is 3440. The maximum Gasteiger partial charge on any atom is 0.258 e. The van der Waals surface area contributed by atoms with Crippen molar-refractivity contribution in [2.24, 2.45) is 0 Å². The van der Waals surface area contributed by atoms with Gasteiger partial charge >= 0.3 is 0 Å². The predicted molar refractivity (Wildman–Crippen MR) is 245 cm³/mol. The summed E-state index contributed by atoms with van der Waals surface area (Å²) in [6, 6.07) is 40.4. The lowest BCUT2D eigenvalue weighted by Gasteiger charge is -1.97. The SMILES string of the molecule is c1csc(-c2ccc(-c3ccc(-c4nnc(-c5ccc(-c6nnc(-c7ccc(-c8ccc(-c9ccc(-c%10nnc(-c%11ccc(-c%12nnco%12)cc%11)o%10)s9)s8)s7)o6)cc5)o4)s3)s2)c1. The second-order valence-corrected chi connectivity index (χ2v) is 19.8. The summed E-state index contributed by atoms with van der Waals surface area (Å²) >= 11 is 10.1. The van der Waals surface area contributed by atoms with Gasteiger partial charge in [0, 0.05) is 61.3 Å². The molecule has 0 N–H and O–H groups in total. The van der Waals surface area contributed by atoms with Gasteiger partial charge in [-0.2, -0.15) is 0 Å². The van der Waals surface area contributed by atoms with Crippen molar-refractivity contribution in [1.82, 2.24) is 40.8 Å². The molecule has 0 spiro atoms. The molecule has 0 bridgehead atoms. The number of benzene rings is 2. The average Bonchev–Trinajstić information content (AvgIpc) is 4.17. The third-order valence-corrected chi connectivity index (χ3v) is 16.6. The lowest BCUT2D eigenvalue weighted by Crippen LogP contribution is -1.81. The fraction of sp³-hybridized carbons (Fsp3) is 0. The van der Waals surface area contributed by atoms with Gasteiger partial charge in [-0.15, -0.1) is 109 Å². The van der Waals surface area contributed by atoms with Crippen molar-refractivity contribution >= 4 is 68.0 Å². The quantitative estimate of drug-likeness (QED) is 0.121. The van der Waals surface area contributed by atoms with E-state index in [1.165, 1.54) is 25.9 Å². The van der Waals surface area contributed by atoms with Gasteiger partial charge in [0.1, 0.15) is 0 Å². The first-order valence-corrected chi connectivity index (χ1v) is 23.6. The molecule has 0 aliphatic carbocycles. The highest BCUT2D eigenvalue weighted by Crippen LogP contribution is 2.44. The molecule has 10 aromatic heterocycles. The third-order valence-electron chi connectivity index (χ3n) is 9.55. The van der Waals surface area contributed by atoms with Crippen LogP contribution in [0.5, 0.6) is 0 Å². The molecule has 0 saturated carbocycles. The largest absolute Gasteiger partial charge is 0.423 e. The standard InChI is InChI=1S/C44H22N8O4S6/c1-2-27(57-21-1)28-11-12-29(58-28)32-15-18-35(60-32)42-51-48-40(55-42)25-7-9-26(10-8-25)41-49-52-44(56-41)37-20-17-34(62-37)31-14-13-30(59-31)33-16-19-36(61-33)43-50-47-39(54-43)24-5-3-23(4-6-24)38-46-45-22-53-38/h1-22H. The molecule has 62 heavy (non-hydrogen) atoms. The van der Waals surface area contributed by atoms with Gasteiger partial charge in [-0.3, -0.25) is 0 Å². The lowest BCUT2D eigenvalue weighted by atomic mass is 10.1. The van der Waals surface area contributed by atoms with Crippen LogP contribution in [0.4, 0.5) is 0 Å². The van der Waals surface area contributed by atoms with E-state index in [1.54, 1.807) is 68.0 Å². The molecule has 0 unspecified atom stereocenters. The molecule has 298 valence electrons. The van der Waals surface area contributed by atoms with Crippen LogP contribution in [-0.4, -0.2) is 40.8 Å². The molecule has 12 nitrogen and oxygen atoms in total. The monoisotopic (exact) mass is 918 g/mol. The van der Waals surface area contributed by atoms with Crippen LogP contribution in [0.2, 0.25) is 0 Å². The first-order chi connectivity index (χ1) is 30.6. The molecule has 12 rings (SSSR count). The van der Waals surface area contributed by atoms with Gasteiger partial charge in [-0.1, -0.05) is 6.07 Å². The summed E-state index contributed by atoms with van der Waals surface area (Å²) in [4.78, 5) is 12.1. The van der Waals surface area contributed by atoms with Gasteiger partial charge in [0.15, 0.2) is 0 Å². The Labute approximate surface area is 374 Å². The van der Waals surface area contributed by atoms with Crippen molar-refractivity contribution in [1.29, 1.82) is 0 Å².